The molecule has 1 aromatic rings. The Morgan fingerprint density at radius 3 is 2.72 bits per heavy atom. The average Bonchev–Trinajstić information content (AvgIpc) is 2.58. The maximum Gasteiger partial charge on any atom is 0.244 e. The molecule has 0 aliphatic carbocycles. The second kappa shape index (κ2) is 10.4. The molecule has 0 unspecified atom stereocenters. The summed E-state index contributed by atoms with van der Waals surface area (Å²) >= 11 is 0. The summed E-state index contributed by atoms with van der Waals surface area (Å²) in [5, 5.41) is 9.75. The van der Waals surface area contributed by atoms with Crippen LogP contribution in [-0.4, -0.2) is 53.2 Å². The number of unbranched alkanes of at least 4 members (excludes halogenated alkanes) is 2. The lowest BCUT2D eigenvalue weighted by molar-refractivity contribution is -0.154. The highest BCUT2D eigenvalue weighted by molar-refractivity contribution is 5.80. The number of nitrogens with zero attached hydrogens (tertiary/aromatic N) is 4. The number of rotatable bonds is 11. The Balaban J connectivity index is 2.66. The van der Waals surface area contributed by atoms with Gasteiger partial charge in [-0.3, -0.25) is 25.6 Å². The molecule has 140 valence electrons. The lowest BCUT2D eigenvalue weighted by Crippen LogP contribution is -2.40. The number of carbonyl (C=O) groups excluding carboxylic acids is 2. The highest BCUT2D eigenvalue weighted by Gasteiger charge is 2.21. The molecule has 1 aromatic heterocycles. The van der Waals surface area contributed by atoms with E-state index in [0.29, 0.717) is 11.5 Å². The zero-order valence-electron chi connectivity index (χ0n) is 14.7. The van der Waals surface area contributed by atoms with Crippen molar-refractivity contribution in [3.63, 3.8) is 0 Å². The van der Waals surface area contributed by atoms with E-state index in [1.165, 1.54) is 11.1 Å². The number of hydrazine groups is 1. The first-order valence-corrected chi connectivity index (χ1v) is 8.05. The number of carbonyl (C=O) groups is 2. The van der Waals surface area contributed by atoms with Crippen molar-refractivity contribution in [2.45, 2.75) is 32.6 Å². The smallest absolute Gasteiger partial charge is 0.244 e. The van der Waals surface area contributed by atoms with Crippen LogP contribution in [0.15, 0.2) is 6.20 Å². The molecule has 0 aliphatic rings. The van der Waals surface area contributed by atoms with Gasteiger partial charge in [-0.25, -0.2) is 10.0 Å². The molecule has 0 aromatic carbocycles. The summed E-state index contributed by atoms with van der Waals surface area (Å²) in [6.45, 7) is 1.90. The zero-order chi connectivity index (χ0) is 18.8. The van der Waals surface area contributed by atoms with Gasteiger partial charge < -0.3 is 4.90 Å². The summed E-state index contributed by atoms with van der Waals surface area (Å²) in [4.78, 5) is 31.8. The van der Waals surface area contributed by atoms with Crippen LogP contribution in [0.4, 0.5) is 16.0 Å². The van der Waals surface area contributed by atoms with Gasteiger partial charge in [0.2, 0.25) is 24.2 Å². The quantitative estimate of drug-likeness (QED) is 0.179. The van der Waals surface area contributed by atoms with Gasteiger partial charge in [0, 0.05) is 14.1 Å². The topological polar surface area (TPSA) is 111 Å². The van der Waals surface area contributed by atoms with E-state index in [-0.39, 0.29) is 24.6 Å². The van der Waals surface area contributed by atoms with Crippen molar-refractivity contribution in [2.75, 3.05) is 31.0 Å². The monoisotopic (exact) mass is 356 g/mol. The van der Waals surface area contributed by atoms with E-state index in [2.05, 4.69) is 20.8 Å². The largest absolute Gasteiger partial charge is 0.373 e. The summed E-state index contributed by atoms with van der Waals surface area (Å²) in [6.07, 6.45) is 4.73. The second-order valence-electron chi connectivity index (χ2n) is 5.80. The number of nitrogens with one attached hydrogen (secondary N) is 2. The summed E-state index contributed by atoms with van der Waals surface area (Å²) in [5.41, 5.74) is 5.05. The van der Waals surface area contributed by atoms with Crippen LogP contribution >= 0.6 is 0 Å². The molecule has 0 radical (unpaired) electrons. The first-order chi connectivity index (χ1) is 11.9. The third-order valence-electron chi connectivity index (χ3n) is 3.56. The predicted octanol–water partition coefficient (Wildman–Crippen LogP) is 1.17. The van der Waals surface area contributed by atoms with Crippen molar-refractivity contribution in [2.24, 2.45) is 5.92 Å². The van der Waals surface area contributed by atoms with Crippen LogP contribution in [0.2, 0.25) is 0 Å². The maximum atomic E-state index is 13.8. The molecule has 1 atom stereocenters. The van der Waals surface area contributed by atoms with Crippen LogP contribution in [0.1, 0.15) is 32.6 Å². The van der Waals surface area contributed by atoms with Gasteiger partial charge in [-0.2, -0.15) is 9.37 Å². The van der Waals surface area contributed by atoms with Gasteiger partial charge in [0.1, 0.15) is 5.69 Å². The van der Waals surface area contributed by atoms with E-state index in [0.717, 1.165) is 19.3 Å². The number of hydroxylamine groups is 2. The number of halogens is 1. The van der Waals surface area contributed by atoms with E-state index in [4.69, 9.17) is 0 Å². The number of aromatic nitrogens is 2. The minimum atomic E-state index is -0.723. The third-order valence-corrected chi connectivity index (χ3v) is 3.56. The molecule has 0 bridgehead atoms. The maximum absolute atomic E-state index is 13.8. The minimum absolute atomic E-state index is 0.0972. The van der Waals surface area contributed by atoms with E-state index < -0.39 is 17.8 Å². The molecule has 0 spiro atoms. The summed E-state index contributed by atoms with van der Waals surface area (Å²) < 4.78 is 13.8. The van der Waals surface area contributed by atoms with Crippen LogP contribution < -0.4 is 15.8 Å². The first-order valence-electron chi connectivity index (χ1n) is 8.05. The number of anilines is 2. The first kappa shape index (κ1) is 20.6. The molecular weight excluding hydrogens is 331 g/mol. The van der Waals surface area contributed by atoms with Crippen LogP contribution in [0.3, 0.4) is 0 Å². The fraction of sp³-hybridized carbons (Fsp3) is 0.600. The van der Waals surface area contributed by atoms with Crippen molar-refractivity contribution in [1.29, 1.82) is 0 Å². The van der Waals surface area contributed by atoms with Crippen LogP contribution in [-0.2, 0) is 9.59 Å². The SMILES string of the molecule is CCCCC[C@H](CN(O)C=O)C(=O)NNc1ncc(N(C)C)c(F)n1. The van der Waals surface area contributed by atoms with Crippen LogP contribution in [0.25, 0.3) is 0 Å². The number of hydrogen-bond donors (Lipinski definition) is 3. The molecule has 0 fully saturated rings. The molecule has 2 amide bonds. The summed E-state index contributed by atoms with van der Waals surface area (Å²) in [6, 6.07) is 0. The summed E-state index contributed by atoms with van der Waals surface area (Å²) in [5.74, 6) is -1.88. The van der Waals surface area contributed by atoms with Gasteiger partial charge in [0.25, 0.3) is 0 Å². The van der Waals surface area contributed by atoms with Crippen molar-refractivity contribution < 1.29 is 19.2 Å². The lowest BCUT2D eigenvalue weighted by atomic mass is 10.0. The van der Waals surface area contributed by atoms with Crippen molar-refractivity contribution in [1.82, 2.24) is 20.5 Å². The van der Waals surface area contributed by atoms with Gasteiger partial charge in [-0.15, -0.1) is 0 Å². The number of amides is 2. The lowest BCUT2D eigenvalue weighted by Gasteiger charge is -2.20. The van der Waals surface area contributed by atoms with Gasteiger partial charge in [0.05, 0.1) is 18.7 Å². The summed E-state index contributed by atoms with van der Waals surface area (Å²) in [7, 11) is 3.32. The molecule has 10 heteroatoms. The predicted molar refractivity (Wildman–Crippen MR) is 90.3 cm³/mol. The fourth-order valence-corrected chi connectivity index (χ4v) is 2.15. The van der Waals surface area contributed by atoms with Gasteiger partial charge in [-0.05, 0) is 6.42 Å². The van der Waals surface area contributed by atoms with Crippen LogP contribution in [0, 0.1) is 11.9 Å². The third kappa shape index (κ3) is 6.87. The Kier molecular flexibility index (Phi) is 8.54. The molecule has 0 saturated carbocycles. The zero-order valence-corrected chi connectivity index (χ0v) is 14.7. The normalized spacial score (nSPS) is 11.6. The highest BCUT2D eigenvalue weighted by Crippen LogP contribution is 2.15. The van der Waals surface area contributed by atoms with Crippen LogP contribution in [0.5, 0.6) is 0 Å². The standard InChI is InChI=1S/C15H25FN6O3/c1-4-5-6-7-11(9-22(25)10-23)14(24)19-20-15-17-8-12(21(2)3)13(16)18-15/h8,10-11,25H,4-7,9H2,1-3H3,(H,19,24)(H,17,18,20)/t11-/m1/s1. The highest BCUT2D eigenvalue weighted by atomic mass is 19.1. The molecule has 1 rings (SSSR count). The molecular formula is C15H25FN6O3. The van der Waals surface area contributed by atoms with Crippen molar-refractivity contribution in [3.8, 4) is 0 Å². The Morgan fingerprint density at radius 1 is 1.44 bits per heavy atom. The Labute approximate surface area is 146 Å². The van der Waals surface area contributed by atoms with E-state index in [9.17, 15) is 19.2 Å². The van der Waals surface area contributed by atoms with E-state index in [1.54, 1.807) is 14.1 Å². The van der Waals surface area contributed by atoms with E-state index in [1.807, 2.05) is 6.92 Å². The Hall–Kier alpha value is -2.49. The number of hydrogen-bond acceptors (Lipinski definition) is 7. The molecule has 25 heavy (non-hydrogen) atoms. The van der Waals surface area contributed by atoms with Crippen molar-refractivity contribution >= 4 is 24.0 Å². The van der Waals surface area contributed by atoms with Gasteiger partial charge in [0.15, 0.2) is 0 Å². The van der Waals surface area contributed by atoms with Gasteiger partial charge >= 0.3 is 0 Å². The molecule has 1 heterocycles. The molecule has 0 saturated heterocycles. The van der Waals surface area contributed by atoms with E-state index >= 15 is 0 Å². The minimum Gasteiger partial charge on any atom is -0.373 e. The second-order valence-corrected chi connectivity index (χ2v) is 5.80. The Bertz CT molecular complexity index is 572. The molecule has 3 N–H and O–H groups in total. The molecule has 0 aliphatic heterocycles. The fourth-order valence-electron chi connectivity index (χ4n) is 2.15. The van der Waals surface area contributed by atoms with Gasteiger partial charge in [-0.1, -0.05) is 26.2 Å². The average molecular weight is 356 g/mol. The molecule has 9 nitrogen and oxygen atoms in total. The Morgan fingerprint density at radius 2 is 2.16 bits per heavy atom. The van der Waals surface area contributed by atoms with Crippen molar-refractivity contribution in [3.05, 3.63) is 12.1 Å².